The van der Waals surface area contributed by atoms with Crippen molar-refractivity contribution in [2.24, 2.45) is 5.73 Å². The smallest absolute Gasteiger partial charge is 0.262 e. The van der Waals surface area contributed by atoms with Crippen LogP contribution >= 0.6 is 35.0 Å². The number of hydrogen-bond donors (Lipinski definition) is 1. The van der Waals surface area contributed by atoms with Gasteiger partial charge in [0.15, 0.2) is 0 Å². The van der Waals surface area contributed by atoms with E-state index in [-0.39, 0.29) is 16.5 Å². The minimum atomic E-state index is -0.870. The molecule has 1 atom stereocenters. The van der Waals surface area contributed by atoms with Crippen molar-refractivity contribution in [3.63, 3.8) is 0 Å². The molecule has 142 valence electrons. The van der Waals surface area contributed by atoms with E-state index in [1.54, 1.807) is 30.3 Å². The molecule has 0 spiro atoms. The Morgan fingerprint density at radius 3 is 2.46 bits per heavy atom. The number of nitriles is 1. The summed E-state index contributed by atoms with van der Waals surface area (Å²) in [5.74, 6) is -1.10. The topological polar surface area (TPSA) is 87.2 Å². The van der Waals surface area contributed by atoms with E-state index in [9.17, 15) is 14.9 Å². The number of primary amides is 1. The normalized spacial score (nSPS) is 18.1. The van der Waals surface area contributed by atoms with Crippen LogP contribution in [0.5, 0.6) is 0 Å². The number of carbonyl (C=O) groups is 2. The van der Waals surface area contributed by atoms with Gasteiger partial charge in [0.25, 0.3) is 5.91 Å². The average molecular weight is 432 g/mol. The van der Waals surface area contributed by atoms with Gasteiger partial charge in [-0.2, -0.15) is 5.26 Å². The third kappa shape index (κ3) is 4.02. The van der Waals surface area contributed by atoms with Crippen molar-refractivity contribution in [3.05, 3.63) is 74.2 Å². The van der Waals surface area contributed by atoms with Gasteiger partial charge in [-0.1, -0.05) is 58.7 Å². The van der Waals surface area contributed by atoms with Crippen LogP contribution in [0, 0.1) is 18.3 Å². The first-order chi connectivity index (χ1) is 13.3. The van der Waals surface area contributed by atoms with Crippen molar-refractivity contribution in [2.75, 3.05) is 4.90 Å². The largest absolute Gasteiger partial charge is 0.365 e. The van der Waals surface area contributed by atoms with Crippen LogP contribution in [0.25, 0.3) is 0 Å². The summed E-state index contributed by atoms with van der Waals surface area (Å²) in [6.07, 6.45) is 0.365. The highest BCUT2D eigenvalue weighted by Crippen LogP contribution is 2.42. The molecule has 1 saturated heterocycles. The van der Waals surface area contributed by atoms with Crippen LogP contribution < -0.4 is 10.6 Å². The van der Waals surface area contributed by atoms with Crippen LogP contribution in [0.4, 0.5) is 5.69 Å². The van der Waals surface area contributed by atoms with Crippen LogP contribution in [-0.4, -0.2) is 17.1 Å². The molecule has 0 bridgehead atoms. The van der Waals surface area contributed by atoms with E-state index in [4.69, 9.17) is 28.9 Å². The lowest BCUT2D eigenvalue weighted by Crippen LogP contribution is -2.31. The van der Waals surface area contributed by atoms with Gasteiger partial charge in [-0.05, 0) is 43.2 Å². The Morgan fingerprint density at radius 1 is 1.21 bits per heavy atom. The maximum atomic E-state index is 13.2. The lowest BCUT2D eigenvalue weighted by molar-refractivity contribution is -0.117. The molecule has 1 heterocycles. The third-order valence-corrected chi connectivity index (χ3v) is 6.22. The molecule has 0 saturated carbocycles. The van der Waals surface area contributed by atoms with Crippen LogP contribution in [-0.2, 0) is 16.0 Å². The zero-order valence-corrected chi connectivity index (χ0v) is 17.1. The highest BCUT2D eigenvalue weighted by Gasteiger charge is 2.40. The Hall–Kier alpha value is -2.46. The monoisotopic (exact) mass is 431 g/mol. The Kier molecular flexibility index (Phi) is 5.99. The highest BCUT2D eigenvalue weighted by molar-refractivity contribution is 8.05. The Bertz CT molecular complexity index is 1030. The zero-order chi connectivity index (χ0) is 20.4. The molecule has 1 aliphatic heterocycles. The standard InChI is InChI=1S/C20H15Cl2N3O2S/c1-11-2-5-13(6-3-11)25-19(27)17(28-20(25)14(10-23)18(24)26)9-12-4-7-15(21)16(22)8-12/h2-8,17H,9H2,1H3,(H2,24,26). The third-order valence-electron chi connectivity index (χ3n) is 4.22. The van der Waals surface area contributed by atoms with Gasteiger partial charge in [-0.25, -0.2) is 0 Å². The molecule has 1 unspecified atom stereocenters. The number of anilines is 1. The molecule has 2 N–H and O–H groups in total. The number of rotatable bonds is 4. The summed E-state index contributed by atoms with van der Waals surface area (Å²) < 4.78 is 0. The number of carbonyl (C=O) groups excluding carboxylic acids is 2. The van der Waals surface area contributed by atoms with Gasteiger partial charge in [0.1, 0.15) is 16.7 Å². The van der Waals surface area contributed by atoms with Gasteiger partial charge in [-0.3, -0.25) is 14.5 Å². The molecule has 1 aliphatic rings. The second kappa shape index (κ2) is 8.27. The molecule has 2 amide bonds. The maximum absolute atomic E-state index is 13.2. The van der Waals surface area contributed by atoms with E-state index in [1.165, 1.54) is 4.90 Å². The summed E-state index contributed by atoms with van der Waals surface area (Å²) in [7, 11) is 0. The molecule has 2 aromatic carbocycles. The van der Waals surface area contributed by atoms with Crippen LogP contribution in [0.1, 0.15) is 11.1 Å². The SMILES string of the molecule is Cc1ccc(N2C(=O)C(Cc3ccc(Cl)c(Cl)c3)SC2=C(C#N)C(N)=O)cc1. The van der Waals surface area contributed by atoms with Gasteiger partial charge >= 0.3 is 0 Å². The molecule has 0 radical (unpaired) electrons. The number of thioether (sulfide) groups is 1. The summed E-state index contributed by atoms with van der Waals surface area (Å²) in [5, 5.41) is 9.94. The van der Waals surface area contributed by atoms with Crippen molar-refractivity contribution in [1.82, 2.24) is 0 Å². The van der Waals surface area contributed by atoms with E-state index in [2.05, 4.69) is 0 Å². The van der Waals surface area contributed by atoms with Crippen LogP contribution in [0.3, 0.4) is 0 Å². The quantitative estimate of drug-likeness (QED) is 0.579. The number of nitrogens with zero attached hydrogens (tertiary/aromatic N) is 2. The van der Waals surface area contributed by atoms with E-state index in [1.807, 2.05) is 25.1 Å². The average Bonchev–Trinajstić information content (AvgIpc) is 2.95. The summed E-state index contributed by atoms with van der Waals surface area (Å²) in [4.78, 5) is 26.3. The maximum Gasteiger partial charge on any atom is 0.262 e. The van der Waals surface area contributed by atoms with Crippen LogP contribution in [0.2, 0.25) is 10.0 Å². The van der Waals surface area contributed by atoms with Crippen molar-refractivity contribution in [2.45, 2.75) is 18.6 Å². The summed E-state index contributed by atoms with van der Waals surface area (Å²) in [6, 6.07) is 14.2. The van der Waals surface area contributed by atoms with E-state index in [0.29, 0.717) is 22.2 Å². The number of hydrogen-bond acceptors (Lipinski definition) is 4. The number of aryl methyl sites for hydroxylation is 1. The first kappa shape index (κ1) is 20.3. The van der Waals surface area contributed by atoms with Crippen molar-refractivity contribution >= 4 is 52.5 Å². The molecule has 8 heteroatoms. The minimum absolute atomic E-state index is 0.232. The number of nitrogens with two attached hydrogens (primary N) is 1. The Balaban J connectivity index is 2.02. The van der Waals surface area contributed by atoms with E-state index >= 15 is 0 Å². The molecule has 3 rings (SSSR count). The van der Waals surface area contributed by atoms with Gasteiger partial charge < -0.3 is 5.73 Å². The summed E-state index contributed by atoms with van der Waals surface area (Å²) in [5.41, 5.74) is 7.55. The molecule has 28 heavy (non-hydrogen) atoms. The predicted molar refractivity (Wildman–Crippen MR) is 112 cm³/mol. The van der Waals surface area contributed by atoms with Crippen molar-refractivity contribution in [1.29, 1.82) is 5.26 Å². The van der Waals surface area contributed by atoms with Gasteiger partial charge in [-0.15, -0.1) is 0 Å². The fourth-order valence-corrected chi connectivity index (χ4v) is 4.45. The van der Waals surface area contributed by atoms with Gasteiger partial charge in [0, 0.05) is 5.69 Å². The zero-order valence-electron chi connectivity index (χ0n) is 14.8. The Labute approximate surface area is 176 Å². The van der Waals surface area contributed by atoms with E-state index in [0.717, 1.165) is 22.9 Å². The molecule has 0 aromatic heterocycles. The molecule has 5 nitrogen and oxygen atoms in total. The number of benzene rings is 2. The Morgan fingerprint density at radius 2 is 1.89 bits per heavy atom. The molecule has 1 fully saturated rings. The summed E-state index contributed by atoms with van der Waals surface area (Å²) >= 11 is 13.2. The molecule has 2 aromatic rings. The van der Waals surface area contributed by atoms with Gasteiger partial charge in [0.2, 0.25) is 5.91 Å². The molecular formula is C20H15Cl2N3O2S. The second-order valence-corrected chi connectivity index (χ2v) is 8.23. The highest BCUT2D eigenvalue weighted by atomic mass is 35.5. The fraction of sp³-hybridized carbons (Fsp3) is 0.150. The molecular weight excluding hydrogens is 417 g/mol. The van der Waals surface area contributed by atoms with Crippen molar-refractivity contribution in [3.8, 4) is 6.07 Å². The number of amides is 2. The van der Waals surface area contributed by atoms with E-state index < -0.39 is 11.2 Å². The fourth-order valence-electron chi connectivity index (χ4n) is 2.81. The second-order valence-electron chi connectivity index (χ2n) is 6.22. The lowest BCUT2D eigenvalue weighted by Gasteiger charge is -2.18. The first-order valence-corrected chi connectivity index (χ1v) is 9.90. The van der Waals surface area contributed by atoms with Crippen LogP contribution in [0.15, 0.2) is 53.1 Å². The lowest BCUT2D eigenvalue weighted by atomic mass is 10.1. The number of halogens is 2. The van der Waals surface area contributed by atoms with Crippen molar-refractivity contribution < 1.29 is 9.59 Å². The first-order valence-electron chi connectivity index (χ1n) is 8.27. The summed E-state index contributed by atoms with van der Waals surface area (Å²) in [6.45, 7) is 1.93. The van der Waals surface area contributed by atoms with Gasteiger partial charge in [0.05, 0.1) is 15.3 Å². The predicted octanol–water partition coefficient (Wildman–Crippen LogP) is 4.21. The molecule has 0 aliphatic carbocycles. The minimum Gasteiger partial charge on any atom is -0.365 e.